The molecule has 4 heteroatoms. The van der Waals surface area contributed by atoms with Crippen molar-refractivity contribution in [2.24, 2.45) is 0 Å². The lowest BCUT2D eigenvalue weighted by atomic mass is 9.86. The highest BCUT2D eigenvalue weighted by Crippen LogP contribution is 2.30. The number of aromatic nitrogens is 2. The Morgan fingerprint density at radius 2 is 1.62 bits per heavy atom. The van der Waals surface area contributed by atoms with Gasteiger partial charge in [0.05, 0.1) is 10.2 Å². The molecule has 0 fully saturated rings. The maximum atomic E-state index is 6.00. The van der Waals surface area contributed by atoms with Crippen molar-refractivity contribution in [3.8, 4) is 11.4 Å². The molecule has 1 heterocycles. The Morgan fingerprint density at radius 1 is 1.05 bits per heavy atom. The van der Waals surface area contributed by atoms with Gasteiger partial charge in [-0.05, 0) is 32.8 Å². The quantitative estimate of drug-likeness (QED) is 0.839. The monoisotopic (exact) mass is 347 g/mol. The van der Waals surface area contributed by atoms with E-state index in [1.807, 2.05) is 0 Å². The van der Waals surface area contributed by atoms with Crippen LogP contribution in [0.4, 0.5) is 5.82 Å². The van der Waals surface area contributed by atoms with Crippen LogP contribution in [0, 0.1) is 0 Å². The molecule has 112 valence electrons. The number of rotatable bonds is 2. The van der Waals surface area contributed by atoms with Gasteiger partial charge in [-0.1, -0.05) is 58.9 Å². The van der Waals surface area contributed by atoms with Gasteiger partial charge >= 0.3 is 0 Å². The SMILES string of the molecule is CC(C)c1nc(-c2ccc(C(C)(C)C)cc2)nc(N)c1Br. The van der Waals surface area contributed by atoms with Crippen molar-refractivity contribution in [2.45, 2.75) is 46.0 Å². The number of hydrogen-bond acceptors (Lipinski definition) is 3. The minimum Gasteiger partial charge on any atom is -0.383 e. The summed E-state index contributed by atoms with van der Waals surface area (Å²) in [5.41, 5.74) is 9.36. The first kappa shape index (κ1) is 16.0. The minimum absolute atomic E-state index is 0.140. The van der Waals surface area contributed by atoms with E-state index in [4.69, 9.17) is 5.73 Å². The van der Waals surface area contributed by atoms with Crippen molar-refractivity contribution in [2.75, 3.05) is 5.73 Å². The summed E-state index contributed by atoms with van der Waals surface area (Å²) in [6.07, 6.45) is 0. The Hall–Kier alpha value is -1.42. The molecule has 0 saturated carbocycles. The Labute approximate surface area is 135 Å². The zero-order valence-corrected chi connectivity index (χ0v) is 14.8. The maximum absolute atomic E-state index is 6.00. The second-order valence-corrected chi connectivity index (χ2v) is 7.41. The summed E-state index contributed by atoms with van der Waals surface area (Å²) in [7, 11) is 0. The van der Waals surface area contributed by atoms with E-state index in [0.717, 1.165) is 15.7 Å². The van der Waals surface area contributed by atoms with Gasteiger partial charge in [0.1, 0.15) is 5.82 Å². The highest BCUT2D eigenvalue weighted by molar-refractivity contribution is 9.10. The molecule has 0 aliphatic carbocycles. The fourth-order valence-corrected chi connectivity index (χ4v) is 2.75. The molecule has 0 bridgehead atoms. The van der Waals surface area contributed by atoms with Crippen LogP contribution in [-0.4, -0.2) is 9.97 Å². The van der Waals surface area contributed by atoms with Gasteiger partial charge in [-0.15, -0.1) is 0 Å². The number of nitrogens with two attached hydrogens (primary N) is 1. The second-order valence-electron chi connectivity index (χ2n) is 6.61. The van der Waals surface area contributed by atoms with Gasteiger partial charge in [-0.2, -0.15) is 0 Å². The third-order valence-corrected chi connectivity index (χ3v) is 4.27. The van der Waals surface area contributed by atoms with Gasteiger partial charge < -0.3 is 5.73 Å². The topological polar surface area (TPSA) is 51.8 Å². The van der Waals surface area contributed by atoms with Crippen LogP contribution in [-0.2, 0) is 5.41 Å². The van der Waals surface area contributed by atoms with Crippen LogP contribution in [0.15, 0.2) is 28.7 Å². The summed E-state index contributed by atoms with van der Waals surface area (Å²) >= 11 is 3.48. The van der Waals surface area contributed by atoms with Crippen LogP contribution in [0.5, 0.6) is 0 Å². The van der Waals surface area contributed by atoms with E-state index in [-0.39, 0.29) is 11.3 Å². The molecule has 3 nitrogen and oxygen atoms in total. The molecule has 21 heavy (non-hydrogen) atoms. The van der Waals surface area contributed by atoms with Gasteiger partial charge in [0.2, 0.25) is 0 Å². The molecule has 0 atom stereocenters. The van der Waals surface area contributed by atoms with Crippen molar-refractivity contribution in [3.63, 3.8) is 0 Å². The summed E-state index contributed by atoms with van der Waals surface area (Å²) in [6, 6.07) is 8.39. The second kappa shape index (κ2) is 5.76. The molecule has 0 aliphatic heterocycles. The van der Waals surface area contributed by atoms with E-state index in [0.29, 0.717) is 11.6 Å². The van der Waals surface area contributed by atoms with Gasteiger partial charge in [0, 0.05) is 5.56 Å². The summed E-state index contributed by atoms with van der Waals surface area (Å²) in [6.45, 7) is 10.8. The van der Waals surface area contributed by atoms with Gasteiger partial charge in [0.25, 0.3) is 0 Å². The lowest BCUT2D eigenvalue weighted by molar-refractivity contribution is 0.590. The molecule has 1 aromatic carbocycles. The smallest absolute Gasteiger partial charge is 0.161 e. The number of anilines is 1. The van der Waals surface area contributed by atoms with Crippen LogP contribution in [0.3, 0.4) is 0 Å². The highest BCUT2D eigenvalue weighted by atomic mass is 79.9. The molecular formula is C17H22BrN3. The summed E-state index contributed by atoms with van der Waals surface area (Å²) in [4.78, 5) is 9.05. The van der Waals surface area contributed by atoms with E-state index in [2.05, 4.69) is 84.8 Å². The molecule has 2 rings (SSSR count). The molecular weight excluding hydrogens is 326 g/mol. The lowest BCUT2D eigenvalue weighted by Crippen LogP contribution is -2.10. The molecule has 0 amide bonds. The Morgan fingerprint density at radius 3 is 2.10 bits per heavy atom. The summed E-state index contributed by atoms with van der Waals surface area (Å²) in [5.74, 6) is 1.46. The zero-order chi connectivity index (χ0) is 15.8. The largest absolute Gasteiger partial charge is 0.383 e. The van der Waals surface area contributed by atoms with E-state index in [9.17, 15) is 0 Å². The van der Waals surface area contributed by atoms with Crippen LogP contribution in [0.2, 0.25) is 0 Å². The maximum Gasteiger partial charge on any atom is 0.161 e. The first-order chi connectivity index (χ1) is 9.70. The zero-order valence-electron chi connectivity index (χ0n) is 13.2. The molecule has 1 aromatic heterocycles. The Bertz CT molecular complexity index is 640. The number of benzene rings is 1. The molecule has 2 aromatic rings. The normalized spacial score (nSPS) is 12.0. The number of halogens is 1. The van der Waals surface area contributed by atoms with Gasteiger partial charge in [0.15, 0.2) is 5.82 Å². The molecule has 0 spiro atoms. The fraction of sp³-hybridized carbons (Fsp3) is 0.412. The van der Waals surface area contributed by atoms with E-state index in [1.165, 1.54) is 5.56 Å². The first-order valence-corrected chi connectivity index (χ1v) is 7.93. The van der Waals surface area contributed by atoms with Crippen LogP contribution < -0.4 is 5.73 Å². The predicted molar refractivity (Wildman–Crippen MR) is 92.4 cm³/mol. The van der Waals surface area contributed by atoms with E-state index < -0.39 is 0 Å². The first-order valence-electron chi connectivity index (χ1n) is 7.14. The summed E-state index contributed by atoms with van der Waals surface area (Å²) < 4.78 is 0.799. The van der Waals surface area contributed by atoms with E-state index in [1.54, 1.807) is 0 Å². The van der Waals surface area contributed by atoms with Crippen LogP contribution in [0.1, 0.15) is 51.8 Å². The predicted octanol–water partition coefficient (Wildman–Crippen LogP) is 4.91. The Balaban J connectivity index is 2.47. The summed E-state index contributed by atoms with van der Waals surface area (Å²) in [5, 5.41) is 0. The lowest BCUT2D eigenvalue weighted by Gasteiger charge is -2.19. The molecule has 0 unspecified atom stereocenters. The number of nitrogen functional groups attached to an aromatic ring is 1. The highest BCUT2D eigenvalue weighted by Gasteiger charge is 2.16. The van der Waals surface area contributed by atoms with Crippen molar-refractivity contribution in [3.05, 3.63) is 40.0 Å². The van der Waals surface area contributed by atoms with Crippen LogP contribution in [0.25, 0.3) is 11.4 Å². The third kappa shape index (κ3) is 3.43. The number of hydrogen-bond donors (Lipinski definition) is 1. The van der Waals surface area contributed by atoms with Crippen molar-refractivity contribution < 1.29 is 0 Å². The fourth-order valence-electron chi connectivity index (χ4n) is 2.11. The molecule has 0 radical (unpaired) electrons. The van der Waals surface area contributed by atoms with Gasteiger partial charge in [-0.3, -0.25) is 0 Å². The van der Waals surface area contributed by atoms with Crippen molar-refractivity contribution in [1.82, 2.24) is 9.97 Å². The van der Waals surface area contributed by atoms with Crippen molar-refractivity contribution in [1.29, 1.82) is 0 Å². The number of nitrogens with zero attached hydrogens (tertiary/aromatic N) is 2. The average molecular weight is 348 g/mol. The standard InChI is InChI=1S/C17H22BrN3/c1-10(2)14-13(18)15(19)21-16(20-14)11-6-8-12(9-7-11)17(3,4)5/h6-10H,1-5H3,(H2,19,20,21). The molecule has 2 N–H and O–H groups in total. The van der Waals surface area contributed by atoms with Crippen molar-refractivity contribution >= 4 is 21.7 Å². The minimum atomic E-state index is 0.140. The van der Waals surface area contributed by atoms with Crippen LogP contribution >= 0.6 is 15.9 Å². The van der Waals surface area contributed by atoms with Gasteiger partial charge in [-0.25, -0.2) is 9.97 Å². The molecule has 0 saturated heterocycles. The average Bonchev–Trinajstić information content (AvgIpc) is 2.40. The Kier molecular flexibility index (Phi) is 4.38. The molecule has 0 aliphatic rings. The third-order valence-electron chi connectivity index (χ3n) is 3.46. The van der Waals surface area contributed by atoms with E-state index >= 15 is 0 Å².